The lowest BCUT2D eigenvalue weighted by Crippen LogP contribution is -2.38. The van der Waals surface area contributed by atoms with E-state index < -0.39 is 0 Å². The summed E-state index contributed by atoms with van der Waals surface area (Å²) in [5.41, 5.74) is 2.34. The Kier molecular flexibility index (Phi) is 2.12. The van der Waals surface area contributed by atoms with E-state index in [1.807, 2.05) is 12.1 Å². The number of hydrogen-bond donors (Lipinski definition) is 0. The van der Waals surface area contributed by atoms with Crippen molar-refractivity contribution >= 4 is 39.2 Å². The molecule has 0 saturated heterocycles. The van der Waals surface area contributed by atoms with Gasteiger partial charge in [-0.05, 0) is 40.8 Å². The zero-order chi connectivity index (χ0) is 10.3. The lowest BCUT2D eigenvalue weighted by molar-refractivity contribution is -0.558. The summed E-state index contributed by atoms with van der Waals surface area (Å²) in [5, 5.41) is 1.21. The number of rotatable bonds is 0. The Bertz CT molecular complexity index is 557. The van der Waals surface area contributed by atoms with Crippen LogP contribution in [0.2, 0.25) is 0 Å². The quantitative estimate of drug-likeness (QED) is 0.539. The highest BCUT2D eigenvalue weighted by Crippen LogP contribution is 2.26. The lowest BCUT2D eigenvalue weighted by atomic mass is 10.2. The summed E-state index contributed by atoms with van der Waals surface area (Å²) in [5.74, 6) is 0.968. The van der Waals surface area contributed by atoms with Crippen molar-refractivity contribution < 1.29 is 9.30 Å². The minimum atomic E-state index is 0.643. The van der Waals surface area contributed by atoms with Gasteiger partial charge in [0.1, 0.15) is 0 Å². The van der Waals surface area contributed by atoms with Crippen molar-refractivity contribution in [2.24, 2.45) is 0 Å². The van der Waals surface area contributed by atoms with Gasteiger partial charge in [-0.1, -0.05) is 6.07 Å². The van der Waals surface area contributed by atoms with E-state index in [1.165, 1.54) is 11.1 Å². The molecule has 1 aliphatic heterocycles. The predicted molar refractivity (Wildman–Crippen MR) is 67.9 cm³/mol. The molecule has 0 aliphatic carbocycles. The molecule has 0 N–H and O–H groups in total. The molecule has 3 heteroatoms. The van der Waals surface area contributed by atoms with Crippen LogP contribution in [0.4, 0.5) is 0 Å². The molecule has 2 nitrogen and oxygen atoms in total. The summed E-state index contributed by atoms with van der Waals surface area (Å²) in [7, 11) is 0. The number of halogens is 1. The molecule has 0 radical (unpaired) electrons. The maximum Gasteiger partial charge on any atom is 0.260 e. The lowest BCUT2D eigenvalue weighted by Gasteiger charge is -2.13. The monoisotopic (exact) mass is 310 g/mol. The SMILES string of the molecule is I/C=C1\COc2cccc3ccc[n+]1c23. The fourth-order valence-electron chi connectivity index (χ4n) is 1.90. The Morgan fingerprint density at radius 1 is 1.27 bits per heavy atom. The third-order valence-electron chi connectivity index (χ3n) is 2.59. The van der Waals surface area contributed by atoms with E-state index in [0.717, 1.165) is 11.3 Å². The van der Waals surface area contributed by atoms with Gasteiger partial charge in [0, 0.05) is 10.1 Å². The van der Waals surface area contributed by atoms with E-state index in [2.05, 4.69) is 55.6 Å². The molecule has 15 heavy (non-hydrogen) atoms. The summed E-state index contributed by atoms with van der Waals surface area (Å²) in [6, 6.07) is 10.3. The van der Waals surface area contributed by atoms with Crippen molar-refractivity contribution in [3.05, 3.63) is 40.6 Å². The van der Waals surface area contributed by atoms with Gasteiger partial charge in [-0.25, -0.2) is 0 Å². The molecule has 0 atom stereocenters. The summed E-state index contributed by atoms with van der Waals surface area (Å²) in [6.45, 7) is 0.643. The van der Waals surface area contributed by atoms with Crippen molar-refractivity contribution in [1.82, 2.24) is 0 Å². The number of pyridine rings is 1. The maximum atomic E-state index is 5.71. The zero-order valence-corrected chi connectivity index (χ0v) is 10.1. The van der Waals surface area contributed by atoms with E-state index in [1.54, 1.807) is 0 Å². The third kappa shape index (κ3) is 1.33. The maximum absolute atomic E-state index is 5.71. The van der Waals surface area contributed by atoms with Crippen molar-refractivity contribution in [2.45, 2.75) is 0 Å². The first kappa shape index (κ1) is 9.15. The first-order valence-electron chi connectivity index (χ1n) is 4.76. The van der Waals surface area contributed by atoms with Gasteiger partial charge in [0.25, 0.3) is 5.52 Å². The van der Waals surface area contributed by atoms with Gasteiger partial charge < -0.3 is 4.74 Å². The highest BCUT2D eigenvalue weighted by Gasteiger charge is 2.24. The topological polar surface area (TPSA) is 13.1 Å². The highest BCUT2D eigenvalue weighted by molar-refractivity contribution is 14.1. The molecule has 1 aliphatic rings. The van der Waals surface area contributed by atoms with Crippen molar-refractivity contribution in [3.8, 4) is 5.75 Å². The summed E-state index contributed by atoms with van der Waals surface area (Å²) < 4.78 is 9.96. The second-order valence-electron chi connectivity index (χ2n) is 3.46. The molecule has 1 aromatic heterocycles. The second kappa shape index (κ2) is 3.48. The van der Waals surface area contributed by atoms with Gasteiger partial charge in [0.05, 0.1) is 5.39 Å². The Morgan fingerprint density at radius 2 is 2.13 bits per heavy atom. The molecule has 0 spiro atoms. The third-order valence-corrected chi connectivity index (χ3v) is 3.31. The number of ether oxygens (including phenoxy) is 1. The van der Waals surface area contributed by atoms with E-state index in [4.69, 9.17) is 4.74 Å². The van der Waals surface area contributed by atoms with Gasteiger partial charge in [-0.15, -0.1) is 0 Å². The molecule has 2 aromatic rings. The largest absolute Gasteiger partial charge is 0.476 e. The molecule has 0 saturated carbocycles. The molecule has 1 aromatic carbocycles. The van der Waals surface area contributed by atoms with Crippen LogP contribution in [-0.2, 0) is 0 Å². The first-order valence-corrected chi connectivity index (χ1v) is 6.00. The van der Waals surface area contributed by atoms with Crippen LogP contribution >= 0.6 is 22.6 Å². The van der Waals surface area contributed by atoms with Gasteiger partial charge in [0.2, 0.25) is 5.70 Å². The van der Waals surface area contributed by atoms with E-state index in [9.17, 15) is 0 Å². The Labute approximate surface area is 101 Å². The minimum absolute atomic E-state index is 0.643. The fraction of sp³-hybridized carbons (Fsp3) is 0.0833. The van der Waals surface area contributed by atoms with Crippen LogP contribution in [0.15, 0.2) is 40.6 Å². The number of benzene rings is 1. The van der Waals surface area contributed by atoms with E-state index in [-0.39, 0.29) is 0 Å². The van der Waals surface area contributed by atoms with Crippen LogP contribution in [0.1, 0.15) is 0 Å². The van der Waals surface area contributed by atoms with Crippen LogP contribution in [0.3, 0.4) is 0 Å². The van der Waals surface area contributed by atoms with Crippen molar-refractivity contribution in [1.29, 1.82) is 0 Å². The number of nitrogens with zero attached hydrogens (tertiary/aromatic N) is 1. The molecule has 0 bridgehead atoms. The number of para-hydroxylation sites is 1. The standard InChI is InChI=1S/C12H9INO/c13-7-10-8-15-11-5-1-3-9-4-2-6-14(10)12(9)11/h1-7H,8H2/q+1/b10-7+. The molecule has 0 unspecified atom stereocenters. The molecule has 74 valence electrons. The van der Waals surface area contributed by atoms with E-state index in [0.29, 0.717) is 6.61 Å². The molecular weight excluding hydrogens is 301 g/mol. The van der Waals surface area contributed by atoms with Crippen LogP contribution in [0.5, 0.6) is 5.75 Å². The van der Waals surface area contributed by atoms with Crippen LogP contribution in [-0.4, -0.2) is 6.61 Å². The number of aromatic nitrogens is 1. The van der Waals surface area contributed by atoms with Crippen LogP contribution in [0.25, 0.3) is 16.6 Å². The average Bonchev–Trinajstić information content (AvgIpc) is 2.30. The van der Waals surface area contributed by atoms with Gasteiger partial charge in [-0.3, -0.25) is 0 Å². The molecular formula is C12H9INO+. The Hall–Kier alpha value is -1.10. The average molecular weight is 310 g/mol. The fourth-order valence-corrected chi connectivity index (χ4v) is 2.38. The predicted octanol–water partition coefficient (Wildman–Crippen LogP) is 2.75. The normalized spacial score (nSPS) is 16.7. The summed E-state index contributed by atoms with van der Waals surface area (Å²) in [6.07, 6.45) is 2.08. The molecule has 0 fully saturated rings. The van der Waals surface area contributed by atoms with Gasteiger partial charge >= 0.3 is 0 Å². The second-order valence-corrected chi connectivity index (χ2v) is 4.08. The van der Waals surface area contributed by atoms with Gasteiger partial charge in [-0.2, -0.15) is 4.57 Å². The molecule has 0 amide bonds. The van der Waals surface area contributed by atoms with E-state index >= 15 is 0 Å². The molecule has 2 heterocycles. The smallest absolute Gasteiger partial charge is 0.260 e. The number of hydrogen-bond acceptors (Lipinski definition) is 1. The van der Waals surface area contributed by atoms with Crippen LogP contribution < -0.4 is 9.30 Å². The van der Waals surface area contributed by atoms with Crippen molar-refractivity contribution in [2.75, 3.05) is 6.61 Å². The Balaban J connectivity index is 2.46. The minimum Gasteiger partial charge on any atom is -0.476 e. The van der Waals surface area contributed by atoms with Gasteiger partial charge in [0.15, 0.2) is 18.6 Å². The molecule has 3 rings (SSSR count). The van der Waals surface area contributed by atoms with Crippen LogP contribution in [0, 0.1) is 0 Å². The first-order chi connectivity index (χ1) is 7.40. The summed E-state index contributed by atoms with van der Waals surface area (Å²) in [4.78, 5) is 0. The Morgan fingerprint density at radius 3 is 3.00 bits per heavy atom. The summed E-state index contributed by atoms with van der Waals surface area (Å²) >= 11 is 2.25. The van der Waals surface area contributed by atoms with Crippen molar-refractivity contribution in [3.63, 3.8) is 0 Å². The zero-order valence-electron chi connectivity index (χ0n) is 7.98. The highest BCUT2D eigenvalue weighted by atomic mass is 127.